The van der Waals surface area contributed by atoms with Gasteiger partial charge < -0.3 is 0 Å². The minimum atomic E-state index is -0.160. The van der Waals surface area contributed by atoms with Gasteiger partial charge in [0.05, 0.1) is 28.9 Å². The van der Waals surface area contributed by atoms with Crippen LogP contribution in [-0.4, -0.2) is 14.8 Å². The first kappa shape index (κ1) is 23.1. The van der Waals surface area contributed by atoms with Crippen LogP contribution in [0.4, 0.5) is 4.39 Å². The van der Waals surface area contributed by atoms with Crippen molar-refractivity contribution in [3.05, 3.63) is 94.9 Å². The summed E-state index contributed by atoms with van der Waals surface area (Å²) in [4.78, 5) is 4.65. The van der Waals surface area contributed by atoms with Crippen molar-refractivity contribution in [3.63, 3.8) is 0 Å². The molecule has 0 saturated carbocycles. The smallest absolute Gasteiger partial charge is 0.123 e. The maximum absolute atomic E-state index is 12.2. The highest BCUT2D eigenvalue weighted by atomic mass is 19.1. The number of aromatic nitrogens is 3. The van der Waals surface area contributed by atoms with Crippen LogP contribution in [-0.2, 0) is 19.9 Å². The molecule has 2 heterocycles. The number of hydrogen-bond donors (Lipinski definition) is 0. The lowest BCUT2D eigenvalue weighted by Crippen LogP contribution is -1.92. The highest BCUT2D eigenvalue weighted by Gasteiger charge is 2.15. The fraction of sp³-hybridized carbons (Fsp3) is 0.207. The van der Waals surface area contributed by atoms with Crippen LogP contribution in [0.15, 0.2) is 66.9 Å². The van der Waals surface area contributed by atoms with Crippen LogP contribution in [0, 0.1) is 24.1 Å². The van der Waals surface area contributed by atoms with Crippen LogP contribution in [0.2, 0.25) is 0 Å². The minimum Gasteiger partial charge on any atom is -0.266 e. The lowest BCUT2D eigenvalue weighted by molar-refractivity contribution is 0.627. The minimum absolute atomic E-state index is 0.160. The van der Waals surface area contributed by atoms with Crippen molar-refractivity contribution in [1.82, 2.24) is 14.8 Å². The molecule has 0 bridgehead atoms. The maximum Gasteiger partial charge on any atom is 0.123 e. The largest absolute Gasteiger partial charge is 0.266 e. The molecule has 0 aliphatic heterocycles. The van der Waals surface area contributed by atoms with Crippen molar-refractivity contribution in [2.45, 2.75) is 33.6 Å². The van der Waals surface area contributed by atoms with E-state index in [1.165, 1.54) is 28.8 Å². The summed E-state index contributed by atoms with van der Waals surface area (Å²) in [6, 6.07) is 20.7. The predicted molar refractivity (Wildman–Crippen MR) is 136 cm³/mol. The van der Waals surface area contributed by atoms with E-state index in [4.69, 9.17) is 10.4 Å². The number of halogens is 1. The molecule has 0 radical (unpaired) electrons. The molecule has 0 aliphatic rings. The lowest BCUT2D eigenvalue weighted by Gasteiger charge is -2.07. The number of pyridine rings is 1. The number of nitriles is 1. The Morgan fingerprint density at radius 2 is 1.68 bits per heavy atom. The van der Waals surface area contributed by atoms with E-state index in [9.17, 15) is 4.39 Å². The summed E-state index contributed by atoms with van der Waals surface area (Å²) in [6.07, 6.45) is 3.86. The molecule has 0 saturated heterocycles. The molecule has 0 aliphatic carbocycles. The molecule has 170 valence electrons. The fourth-order valence-corrected chi connectivity index (χ4v) is 4.13. The summed E-state index contributed by atoms with van der Waals surface area (Å²) in [5.74, 6) is -0.160. The van der Waals surface area contributed by atoms with E-state index in [2.05, 4.69) is 37.0 Å². The maximum atomic E-state index is 12.2. The monoisotopic (exact) mass is 450 g/mol. The van der Waals surface area contributed by atoms with Gasteiger partial charge in [0.25, 0.3) is 0 Å². The molecule has 4 nitrogen and oxygen atoms in total. The van der Waals surface area contributed by atoms with Gasteiger partial charge in [0.1, 0.15) is 11.5 Å². The molecule has 0 unspecified atom stereocenters. The van der Waals surface area contributed by atoms with Gasteiger partial charge in [-0.2, -0.15) is 10.4 Å². The van der Waals surface area contributed by atoms with E-state index in [0.29, 0.717) is 5.56 Å². The number of fused-ring (bicyclic) bond motifs is 3. The molecule has 3 aromatic carbocycles. The Balaban J connectivity index is 0.000000257. The topological polar surface area (TPSA) is 54.5 Å². The molecule has 2 aromatic heterocycles. The highest BCUT2D eigenvalue weighted by molar-refractivity contribution is 6.11. The van der Waals surface area contributed by atoms with Crippen LogP contribution >= 0.6 is 0 Å². The van der Waals surface area contributed by atoms with Crippen LogP contribution in [0.1, 0.15) is 36.1 Å². The number of rotatable bonds is 3. The first-order valence-corrected chi connectivity index (χ1v) is 11.4. The Hall–Kier alpha value is -4.04. The molecular weight excluding hydrogens is 423 g/mol. The summed E-state index contributed by atoms with van der Waals surface area (Å²) >= 11 is 0. The van der Waals surface area contributed by atoms with Crippen molar-refractivity contribution in [1.29, 1.82) is 5.26 Å². The van der Waals surface area contributed by atoms with Crippen LogP contribution in [0.5, 0.6) is 0 Å². The zero-order chi connectivity index (χ0) is 24.2. The van der Waals surface area contributed by atoms with E-state index in [0.717, 1.165) is 45.9 Å². The molecular formula is C29H27FN4. The number of benzene rings is 3. The lowest BCUT2D eigenvalue weighted by atomic mass is 9.99. The van der Waals surface area contributed by atoms with Crippen molar-refractivity contribution in [2.75, 3.05) is 0 Å². The molecule has 5 rings (SSSR count). The average Bonchev–Trinajstić information content (AvgIpc) is 3.21. The van der Waals surface area contributed by atoms with Gasteiger partial charge in [0, 0.05) is 23.4 Å². The third kappa shape index (κ3) is 4.53. The van der Waals surface area contributed by atoms with Gasteiger partial charge in [-0.25, -0.2) is 4.39 Å². The summed E-state index contributed by atoms with van der Waals surface area (Å²) in [6.45, 7) is 6.36. The Labute approximate surface area is 199 Å². The molecule has 5 heteroatoms. The van der Waals surface area contributed by atoms with E-state index in [1.807, 2.05) is 49.1 Å². The standard InChI is InChI=1S/C21H18N4.C8H9F/c1-4-15-10-18-17(9-13(15)2)20-19(12-23-18)25(3)24-21(20)16-7-5-14(11-22)6-8-16;1-2-7-3-5-8(9)6-4-7/h5-10,12H,4H2,1-3H3;3-6H,2H2,1H3. The fourth-order valence-electron chi connectivity index (χ4n) is 4.13. The number of nitrogens with zero attached hydrogens (tertiary/aromatic N) is 4. The van der Waals surface area contributed by atoms with Gasteiger partial charge in [-0.3, -0.25) is 9.67 Å². The molecule has 0 atom stereocenters. The molecule has 5 aromatic rings. The van der Waals surface area contributed by atoms with Crippen molar-refractivity contribution >= 4 is 21.8 Å². The predicted octanol–water partition coefficient (Wildman–Crippen LogP) is 6.92. The van der Waals surface area contributed by atoms with Crippen LogP contribution < -0.4 is 0 Å². The third-order valence-corrected chi connectivity index (χ3v) is 6.13. The van der Waals surface area contributed by atoms with E-state index in [1.54, 1.807) is 12.1 Å². The molecule has 0 fully saturated rings. The second-order valence-corrected chi connectivity index (χ2v) is 8.31. The number of aryl methyl sites for hydroxylation is 4. The third-order valence-electron chi connectivity index (χ3n) is 6.13. The molecule has 0 spiro atoms. The van der Waals surface area contributed by atoms with Gasteiger partial charge in [0.15, 0.2) is 0 Å². The summed E-state index contributed by atoms with van der Waals surface area (Å²) in [5.41, 5.74) is 8.37. The molecule has 0 N–H and O–H groups in total. The number of hydrogen-bond acceptors (Lipinski definition) is 3. The Morgan fingerprint density at radius 1 is 0.971 bits per heavy atom. The van der Waals surface area contributed by atoms with Crippen molar-refractivity contribution < 1.29 is 4.39 Å². The SMILES string of the molecule is CCc1cc2ncc3c(c(-c4ccc(C#N)cc4)nn3C)c2cc1C.CCc1ccc(F)cc1. The quantitative estimate of drug-likeness (QED) is 0.300. The Kier molecular flexibility index (Phi) is 6.70. The van der Waals surface area contributed by atoms with Gasteiger partial charge in [-0.15, -0.1) is 0 Å². The first-order chi connectivity index (χ1) is 16.4. The van der Waals surface area contributed by atoms with Gasteiger partial charge in [0.2, 0.25) is 0 Å². The van der Waals surface area contributed by atoms with Gasteiger partial charge in [-0.05, 0) is 72.9 Å². The van der Waals surface area contributed by atoms with Crippen LogP contribution in [0.3, 0.4) is 0 Å². The highest BCUT2D eigenvalue weighted by Crippen LogP contribution is 2.34. The van der Waals surface area contributed by atoms with Gasteiger partial charge in [-0.1, -0.05) is 38.1 Å². The Bertz CT molecular complexity index is 1490. The van der Waals surface area contributed by atoms with Crippen molar-refractivity contribution in [3.8, 4) is 17.3 Å². The second kappa shape index (κ2) is 9.84. The van der Waals surface area contributed by atoms with Crippen LogP contribution in [0.25, 0.3) is 33.1 Å². The van der Waals surface area contributed by atoms with Crippen molar-refractivity contribution in [2.24, 2.45) is 7.05 Å². The normalized spacial score (nSPS) is 10.7. The molecule has 0 amide bonds. The van der Waals surface area contributed by atoms with E-state index < -0.39 is 0 Å². The molecule has 34 heavy (non-hydrogen) atoms. The summed E-state index contributed by atoms with van der Waals surface area (Å²) in [7, 11) is 1.94. The van der Waals surface area contributed by atoms with Gasteiger partial charge >= 0.3 is 0 Å². The van der Waals surface area contributed by atoms with E-state index >= 15 is 0 Å². The Morgan fingerprint density at radius 3 is 2.29 bits per heavy atom. The average molecular weight is 451 g/mol. The zero-order valence-electron chi connectivity index (χ0n) is 19.9. The second-order valence-electron chi connectivity index (χ2n) is 8.31. The first-order valence-electron chi connectivity index (χ1n) is 11.4. The summed E-state index contributed by atoms with van der Waals surface area (Å²) < 4.78 is 14.1. The zero-order valence-corrected chi connectivity index (χ0v) is 19.9. The summed E-state index contributed by atoms with van der Waals surface area (Å²) in [5, 5.41) is 16.0. The van der Waals surface area contributed by atoms with E-state index in [-0.39, 0.29) is 5.82 Å².